The van der Waals surface area contributed by atoms with Gasteiger partial charge in [0.05, 0.1) is 22.6 Å². The van der Waals surface area contributed by atoms with Gasteiger partial charge in [0.25, 0.3) is 5.69 Å². The molecule has 0 bridgehead atoms. The minimum absolute atomic E-state index is 0.0301. The maximum atomic E-state index is 13.7. The van der Waals surface area contributed by atoms with Crippen molar-refractivity contribution in [2.45, 2.75) is 6.61 Å². The van der Waals surface area contributed by atoms with Gasteiger partial charge in [0, 0.05) is 6.07 Å². The molecule has 0 atom stereocenters. The molecule has 110 valence electrons. The molecule has 2 rings (SSSR count). The lowest BCUT2D eigenvalue weighted by atomic mass is 10.2. The zero-order chi connectivity index (χ0) is 15.6. The molecule has 0 aromatic heterocycles. The summed E-state index contributed by atoms with van der Waals surface area (Å²) >= 11 is 5.78. The number of rotatable bonds is 4. The Kier molecular flexibility index (Phi) is 4.35. The molecule has 0 amide bonds. The molecular weight excluding hydrogens is 308 g/mol. The van der Waals surface area contributed by atoms with Crippen LogP contribution in [0.5, 0.6) is 11.5 Å². The number of aliphatic hydroxyl groups excluding tert-OH is 1. The van der Waals surface area contributed by atoms with Crippen molar-refractivity contribution in [3.8, 4) is 11.5 Å². The first-order valence-corrected chi connectivity index (χ1v) is 6.00. The molecule has 0 radical (unpaired) electrons. The van der Waals surface area contributed by atoms with E-state index in [4.69, 9.17) is 21.4 Å². The number of non-ortho nitro benzene ring substituents is 1. The zero-order valence-electron chi connectivity index (χ0n) is 10.3. The molecule has 0 spiro atoms. The third-order valence-corrected chi connectivity index (χ3v) is 2.89. The van der Waals surface area contributed by atoms with Crippen molar-refractivity contribution in [3.63, 3.8) is 0 Å². The number of nitrogens with zero attached hydrogens (tertiary/aromatic N) is 1. The highest BCUT2D eigenvalue weighted by Gasteiger charge is 2.17. The Morgan fingerprint density at radius 2 is 1.86 bits per heavy atom. The van der Waals surface area contributed by atoms with E-state index < -0.39 is 28.9 Å². The van der Waals surface area contributed by atoms with Gasteiger partial charge in [-0.15, -0.1) is 0 Å². The van der Waals surface area contributed by atoms with E-state index in [1.165, 1.54) is 6.07 Å². The van der Waals surface area contributed by atoms with Crippen LogP contribution in [0.3, 0.4) is 0 Å². The summed E-state index contributed by atoms with van der Waals surface area (Å²) in [5.41, 5.74) is -0.301. The van der Waals surface area contributed by atoms with Crippen molar-refractivity contribution >= 4 is 17.3 Å². The molecule has 5 nitrogen and oxygen atoms in total. The predicted molar refractivity (Wildman–Crippen MR) is 70.5 cm³/mol. The fourth-order valence-electron chi connectivity index (χ4n) is 1.59. The van der Waals surface area contributed by atoms with Gasteiger partial charge in [-0.3, -0.25) is 10.1 Å². The van der Waals surface area contributed by atoms with E-state index in [2.05, 4.69) is 0 Å². The van der Waals surface area contributed by atoms with E-state index in [0.717, 1.165) is 24.3 Å². The fourth-order valence-corrected chi connectivity index (χ4v) is 1.75. The highest BCUT2D eigenvalue weighted by Crippen LogP contribution is 2.35. The fraction of sp³-hybridized carbons (Fsp3) is 0.0769. The molecule has 1 N–H and O–H groups in total. The molecule has 0 fully saturated rings. The minimum Gasteiger partial charge on any atom is -0.449 e. The normalized spacial score (nSPS) is 10.5. The number of benzene rings is 2. The Bertz CT molecular complexity index is 686. The second kappa shape index (κ2) is 6.02. The van der Waals surface area contributed by atoms with Crippen LogP contribution in [0.15, 0.2) is 30.3 Å². The van der Waals surface area contributed by atoms with E-state index in [-0.39, 0.29) is 22.0 Å². The molecule has 0 aliphatic rings. The number of hydrogen-bond donors (Lipinski definition) is 1. The lowest BCUT2D eigenvalue weighted by molar-refractivity contribution is -0.384. The Balaban J connectivity index is 2.43. The number of hydrogen-bond acceptors (Lipinski definition) is 4. The Morgan fingerprint density at radius 1 is 1.24 bits per heavy atom. The number of halogens is 3. The quantitative estimate of drug-likeness (QED) is 0.688. The van der Waals surface area contributed by atoms with Gasteiger partial charge in [-0.25, -0.2) is 8.78 Å². The van der Waals surface area contributed by atoms with Crippen LogP contribution in [0, 0.1) is 21.7 Å². The number of ether oxygens (including phenoxy) is 1. The largest absolute Gasteiger partial charge is 0.449 e. The molecular formula is C13H8ClF2NO4. The first kappa shape index (κ1) is 15.1. The molecule has 0 aliphatic carbocycles. The highest BCUT2D eigenvalue weighted by molar-refractivity contribution is 6.32. The number of nitro benzene ring substituents is 1. The summed E-state index contributed by atoms with van der Waals surface area (Å²) in [7, 11) is 0. The van der Waals surface area contributed by atoms with Gasteiger partial charge >= 0.3 is 0 Å². The van der Waals surface area contributed by atoms with Crippen molar-refractivity contribution in [2.24, 2.45) is 0 Å². The Labute approximate surface area is 122 Å². The van der Waals surface area contributed by atoms with Gasteiger partial charge in [-0.2, -0.15) is 0 Å². The SMILES string of the molecule is O=[N+]([O-])c1ccc(Cl)c(Oc2c(F)cc(CO)cc2F)c1. The number of nitro groups is 1. The van der Waals surface area contributed by atoms with Gasteiger partial charge in [-0.1, -0.05) is 11.6 Å². The summed E-state index contributed by atoms with van der Waals surface area (Å²) in [4.78, 5) is 9.98. The van der Waals surface area contributed by atoms with Crippen molar-refractivity contribution < 1.29 is 23.5 Å². The average Bonchev–Trinajstić information content (AvgIpc) is 2.44. The van der Waals surface area contributed by atoms with Crippen LogP contribution in [-0.4, -0.2) is 10.0 Å². The van der Waals surface area contributed by atoms with E-state index in [1.807, 2.05) is 0 Å². The Morgan fingerprint density at radius 3 is 2.38 bits per heavy atom. The molecule has 21 heavy (non-hydrogen) atoms. The van der Waals surface area contributed by atoms with E-state index in [0.29, 0.717) is 0 Å². The van der Waals surface area contributed by atoms with Gasteiger partial charge in [0.15, 0.2) is 23.1 Å². The van der Waals surface area contributed by atoms with Crippen LogP contribution in [-0.2, 0) is 6.61 Å². The summed E-state index contributed by atoms with van der Waals surface area (Å²) in [5, 5.41) is 19.5. The maximum absolute atomic E-state index is 13.7. The average molecular weight is 316 g/mol. The Hall–Kier alpha value is -2.25. The molecule has 0 saturated heterocycles. The smallest absolute Gasteiger partial charge is 0.273 e. The second-order valence-corrected chi connectivity index (χ2v) is 4.43. The molecule has 0 saturated carbocycles. The van der Waals surface area contributed by atoms with Gasteiger partial charge in [-0.05, 0) is 23.8 Å². The van der Waals surface area contributed by atoms with Crippen molar-refractivity contribution in [1.29, 1.82) is 0 Å². The van der Waals surface area contributed by atoms with Crippen LogP contribution >= 0.6 is 11.6 Å². The van der Waals surface area contributed by atoms with Crippen LogP contribution in [0.2, 0.25) is 5.02 Å². The molecule has 2 aromatic carbocycles. The van der Waals surface area contributed by atoms with Crippen molar-refractivity contribution in [2.75, 3.05) is 0 Å². The van der Waals surface area contributed by atoms with Crippen LogP contribution in [0.25, 0.3) is 0 Å². The highest BCUT2D eigenvalue weighted by atomic mass is 35.5. The van der Waals surface area contributed by atoms with Crippen molar-refractivity contribution in [1.82, 2.24) is 0 Å². The van der Waals surface area contributed by atoms with Gasteiger partial charge in [0.2, 0.25) is 0 Å². The molecule has 0 unspecified atom stereocenters. The molecule has 0 aliphatic heterocycles. The van der Waals surface area contributed by atoms with Crippen LogP contribution < -0.4 is 4.74 Å². The lowest BCUT2D eigenvalue weighted by Crippen LogP contribution is -1.97. The number of aliphatic hydroxyl groups is 1. The minimum atomic E-state index is -1.05. The topological polar surface area (TPSA) is 72.6 Å². The maximum Gasteiger partial charge on any atom is 0.273 e. The van der Waals surface area contributed by atoms with Gasteiger partial charge in [0.1, 0.15) is 0 Å². The first-order chi connectivity index (χ1) is 9.92. The second-order valence-electron chi connectivity index (χ2n) is 4.02. The third kappa shape index (κ3) is 3.26. The molecule has 8 heteroatoms. The summed E-state index contributed by atoms with van der Waals surface area (Å²) in [5.74, 6) is -3.11. The monoisotopic (exact) mass is 315 g/mol. The zero-order valence-corrected chi connectivity index (χ0v) is 11.1. The van der Waals surface area contributed by atoms with Crippen LogP contribution in [0.4, 0.5) is 14.5 Å². The van der Waals surface area contributed by atoms with E-state index in [9.17, 15) is 18.9 Å². The predicted octanol–water partition coefficient (Wildman–Crippen LogP) is 3.81. The lowest BCUT2D eigenvalue weighted by Gasteiger charge is -2.10. The molecule has 0 heterocycles. The summed E-state index contributed by atoms with van der Waals surface area (Å²) in [6.07, 6.45) is 0. The van der Waals surface area contributed by atoms with E-state index in [1.54, 1.807) is 0 Å². The van der Waals surface area contributed by atoms with Gasteiger partial charge < -0.3 is 9.84 Å². The standard InChI is InChI=1S/C13H8ClF2NO4/c14-9-2-1-8(17(19)20)5-12(9)21-13-10(15)3-7(6-18)4-11(13)16/h1-5,18H,6H2. The van der Waals surface area contributed by atoms with Crippen LogP contribution in [0.1, 0.15) is 5.56 Å². The summed E-state index contributed by atoms with van der Waals surface area (Å²) < 4.78 is 32.4. The third-order valence-electron chi connectivity index (χ3n) is 2.58. The molecule has 2 aromatic rings. The first-order valence-electron chi connectivity index (χ1n) is 5.63. The summed E-state index contributed by atoms with van der Waals surface area (Å²) in [6.45, 7) is -0.536. The van der Waals surface area contributed by atoms with E-state index >= 15 is 0 Å². The van der Waals surface area contributed by atoms with Crippen molar-refractivity contribution in [3.05, 3.63) is 62.7 Å². The summed E-state index contributed by atoms with van der Waals surface area (Å²) in [6, 6.07) is 5.07.